The second-order valence-electron chi connectivity index (χ2n) is 4.99. The number of amides is 2. The van der Waals surface area contributed by atoms with Crippen molar-refractivity contribution in [2.24, 2.45) is 0 Å². The molecular formula is C16H13Cl2N3O4. The summed E-state index contributed by atoms with van der Waals surface area (Å²) in [6.45, 7) is 0.114. The molecule has 0 radical (unpaired) electrons. The number of non-ortho nitro benzene ring substituents is 1. The number of halogens is 2. The molecule has 9 heteroatoms. The van der Waals surface area contributed by atoms with Crippen LogP contribution in [0.3, 0.4) is 0 Å². The SMILES string of the molecule is O=C(CCNC(=O)c1ccc([N+](=O)[O-])cc1)Nc1ccc(Cl)c(Cl)c1. The zero-order valence-corrected chi connectivity index (χ0v) is 14.3. The van der Waals surface area contributed by atoms with Crippen LogP contribution in [0.25, 0.3) is 0 Å². The Morgan fingerprint density at radius 1 is 1.04 bits per heavy atom. The van der Waals surface area contributed by atoms with Gasteiger partial charge in [-0.1, -0.05) is 23.2 Å². The second-order valence-corrected chi connectivity index (χ2v) is 5.80. The maximum absolute atomic E-state index is 11.9. The fraction of sp³-hybridized carbons (Fsp3) is 0.125. The summed E-state index contributed by atoms with van der Waals surface area (Å²) in [5, 5.41) is 16.5. The van der Waals surface area contributed by atoms with E-state index in [1.54, 1.807) is 12.1 Å². The molecule has 7 nitrogen and oxygen atoms in total. The molecule has 0 aliphatic heterocycles. The van der Waals surface area contributed by atoms with Gasteiger partial charge in [-0.05, 0) is 30.3 Å². The number of nitro benzene ring substituents is 1. The highest BCUT2D eigenvalue weighted by atomic mass is 35.5. The number of nitrogens with one attached hydrogen (secondary N) is 2. The van der Waals surface area contributed by atoms with Crippen LogP contribution in [0.2, 0.25) is 10.0 Å². The van der Waals surface area contributed by atoms with Crippen molar-refractivity contribution in [3.8, 4) is 0 Å². The predicted octanol–water partition coefficient (Wildman–Crippen LogP) is 3.66. The summed E-state index contributed by atoms with van der Waals surface area (Å²) in [5.41, 5.74) is 0.675. The second kappa shape index (κ2) is 8.46. The van der Waals surface area contributed by atoms with Crippen LogP contribution < -0.4 is 10.6 Å². The Balaban J connectivity index is 1.81. The van der Waals surface area contributed by atoms with E-state index < -0.39 is 10.8 Å². The first kappa shape index (κ1) is 18.7. The average Bonchev–Trinajstić information content (AvgIpc) is 2.58. The van der Waals surface area contributed by atoms with Crippen molar-refractivity contribution in [2.45, 2.75) is 6.42 Å². The summed E-state index contributed by atoms with van der Waals surface area (Å²) < 4.78 is 0. The highest BCUT2D eigenvalue weighted by Gasteiger charge is 2.10. The van der Waals surface area contributed by atoms with Crippen molar-refractivity contribution in [3.63, 3.8) is 0 Å². The van der Waals surface area contributed by atoms with Crippen LogP contribution in [-0.2, 0) is 4.79 Å². The molecule has 2 amide bonds. The fourth-order valence-corrected chi connectivity index (χ4v) is 2.22. The Morgan fingerprint density at radius 2 is 1.72 bits per heavy atom. The van der Waals surface area contributed by atoms with E-state index in [1.807, 2.05) is 0 Å². The van der Waals surface area contributed by atoms with Crippen LogP contribution in [-0.4, -0.2) is 23.3 Å². The van der Waals surface area contributed by atoms with Gasteiger partial charge in [0.1, 0.15) is 0 Å². The van der Waals surface area contributed by atoms with Gasteiger partial charge in [-0.3, -0.25) is 19.7 Å². The van der Waals surface area contributed by atoms with Crippen molar-refractivity contribution in [1.82, 2.24) is 5.32 Å². The number of benzene rings is 2. The number of carbonyl (C=O) groups is 2. The molecule has 0 atom stereocenters. The first-order valence-electron chi connectivity index (χ1n) is 7.14. The molecule has 0 saturated carbocycles. The third-order valence-electron chi connectivity index (χ3n) is 3.18. The topological polar surface area (TPSA) is 101 Å². The Labute approximate surface area is 153 Å². The Kier molecular flexibility index (Phi) is 6.32. The van der Waals surface area contributed by atoms with Gasteiger partial charge in [0.15, 0.2) is 0 Å². The lowest BCUT2D eigenvalue weighted by molar-refractivity contribution is -0.384. The molecule has 2 aromatic rings. The summed E-state index contributed by atoms with van der Waals surface area (Å²) in [5.74, 6) is -0.723. The van der Waals surface area contributed by atoms with E-state index in [2.05, 4.69) is 10.6 Å². The fourth-order valence-electron chi connectivity index (χ4n) is 1.92. The van der Waals surface area contributed by atoms with Crippen LogP contribution in [0.1, 0.15) is 16.8 Å². The number of nitrogens with zero attached hydrogens (tertiary/aromatic N) is 1. The molecule has 0 saturated heterocycles. The molecule has 25 heavy (non-hydrogen) atoms. The van der Waals surface area contributed by atoms with Crippen LogP contribution in [0.4, 0.5) is 11.4 Å². The molecule has 0 aromatic heterocycles. The zero-order chi connectivity index (χ0) is 18.4. The van der Waals surface area contributed by atoms with Crippen molar-refractivity contribution >= 4 is 46.4 Å². The number of rotatable bonds is 6. The highest BCUT2D eigenvalue weighted by Crippen LogP contribution is 2.25. The van der Waals surface area contributed by atoms with Gasteiger partial charge < -0.3 is 10.6 Å². The summed E-state index contributed by atoms with van der Waals surface area (Å²) in [7, 11) is 0. The molecule has 2 N–H and O–H groups in total. The van der Waals surface area contributed by atoms with Crippen LogP contribution in [0, 0.1) is 10.1 Å². The molecule has 0 aliphatic carbocycles. The minimum absolute atomic E-state index is 0.0545. The maximum atomic E-state index is 11.9. The van der Waals surface area contributed by atoms with Gasteiger partial charge >= 0.3 is 0 Å². The van der Waals surface area contributed by atoms with Crippen molar-refractivity contribution in [2.75, 3.05) is 11.9 Å². The smallest absolute Gasteiger partial charge is 0.269 e. The zero-order valence-electron chi connectivity index (χ0n) is 12.8. The van der Waals surface area contributed by atoms with Gasteiger partial charge in [0.2, 0.25) is 5.91 Å². The van der Waals surface area contributed by atoms with Gasteiger partial charge in [-0.15, -0.1) is 0 Å². The van der Waals surface area contributed by atoms with Gasteiger partial charge in [0, 0.05) is 36.3 Å². The number of hydrogen-bond acceptors (Lipinski definition) is 4. The number of anilines is 1. The van der Waals surface area contributed by atoms with Crippen molar-refractivity contribution < 1.29 is 14.5 Å². The minimum atomic E-state index is -0.547. The van der Waals surface area contributed by atoms with E-state index in [0.29, 0.717) is 15.7 Å². The van der Waals surface area contributed by atoms with Gasteiger partial charge in [-0.25, -0.2) is 0 Å². The summed E-state index contributed by atoms with van der Waals surface area (Å²) >= 11 is 11.7. The number of nitro groups is 1. The summed E-state index contributed by atoms with van der Waals surface area (Å²) in [6, 6.07) is 9.89. The molecule has 0 heterocycles. The molecule has 0 unspecified atom stereocenters. The normalized spacial score (nSPS) is 10.2. The lowest BCUT2D eigenvalue weighted by Gasteiger charge is -2.07. The molecule has 0 fully saturated rings. The van der Waals surface area contributed by atoms with E-state index in [0.717, 1.165) is 0 Å². The molecule has 2 rings (SSSR count). The lowest BCUT2D eigenvalue weighted by atomic mass is 10.2. The predicted molar refractivity (Wildman–Crippen MR) is 95.1 cm³/mol. The largest absolute Gasteiger partial charge is 0.352 e. The molecule has 0 spiro atoms. The Bertz CT molecular complexity index is 810. The molecule has 2 aromatic carbocycles. The van der Waals surface area contributed by atoms with Gasteiger partial charge in [-0.2, -0.15) is 0 Å². The van der Waals surface area contributed by atoms with Crippen molar-refractivity contribution in [1.29, 1.82) is 0 Å². The third-order valence-corrected chi connectivity index (χ3v) is 3.92. The molecular weight excluding hydrogens is 369 g/mol. The quantitative estimate of drug-likeness (QED) is 0.588. The Morgan fingerprint density at radius 3 is 2.32 bits per heavy atom. The minimum Gasteiger partial charge on any atom is -0.352 e. The van der Waals surface area contributed by atoms with Crippen LogP contribution in [0.15, 0.2) is 42.5 Å². The lowest BCUT2D eigenvalue weighted by Crippen LogP contribution is -2.27. The maximum Gasteiger partial charge on any atom is 0.269 e. The number of hydrogen-bond donors (Lipinski definition) is 2. The highest BCUT2D eigenvalue weighted by molar-refractivity contribution is 6.42. The first-order valence-corrected chi connectivity index (χ1v) is 7.90. The summed E-state index contributed by atoms with van der Waals surface area (Å²) in [4.78, 5) is 33.8. The van der Waals surface area contributed by atoms with Crippen LogP contribution in [0.5, 0.6) is 0 Å². The van der Waals surface area contributed by atoms with Crippen molar-refractivity contribution in [3.05, 3.63) is 68.2 Å². The van der Waals surface area contributed by atoms with E-state index >= 15 is 0 Å². The molecule has 0 bridgehead atoms. The standard InChI is InChI=1S/C16H13Cl2N3O4/c17-13-6-3-11(9-14(13)18)20-15(22)7-8-19-16(23)10-1-4-12(5-2-10)21(24)25/h1-6,9H,7-8H2,(H,19,23)(H,20,22). The van der Waals surface area contributed by atoms with Gasteiger partial charge in [0.05, 0.1) is 15.0 Å². The first-order chi connectivity index (χ1) is 11.9. The van der Waals surface area contributed by atoms with E-state index in [-0.39, 0.29) is 30.1 Å². The number of carbonyl (C=O) groups excluding carboxylic acids is 2. The monoisotopic (exact) mass is 381 g/mol. The van der Waals surface area contributed by atoms with E-state index in [1.165, 1.54) is 30.3 Å². The van der Waals surface area contributed by atoms with Crippen LogP contribution >= 0.6 is 23.2 Å². The summed E-state index contributed by atoms with van der Waals surface area (Å²) in [6.07, 6.45) is 0.0545. The van der Waals surface area contributed by atoms with Gasteiger partial charge in [0.25, 0.3) is 11.6 Å². The molecule has 0 aliphatic rings. The third kappa shape index (κ3) is 5.44. The van der Waals surface area contributed by atoms with E-state index in [9.17, 15) is 19.7 Å². The Hall–Kier alpha value is -2.64. The average molecular weight is 382 g/mol. The van der Waals surface area contributed by atoms with E-state index in [4.69, 9.17) is 23.2 Å². The molecule has 130 valence electrons.